The summed E-state index contributed by atoms with van der Waals surface area (Å²) in [5.41, 5.74) is 4.44. The lowest BCUT2D eigenvalue weighted by Gasteiger charge is -2.27. The van der Waals surface area contributed by atoms with Gasteiger partial charge in [-0.3, -0.25) is 14.7 Å². The number of carbonyl (C=O) groups excluding carboxylic acids is 1. The first-order chi connectivity index (χ1) is 13.9. The summed E-state index contributed by atoms with van der Waals surface area (Å²) >= 11 is 0. The second kappa shape index (κ2) is 7.51. The molecule has 4 nitrogen and oxygen atoms in total. The first-order valence-corrected chi connectivity index (χ1v) is 10.4. The van der Waals surface area contributed by atoms with E-state index in [0.717, 1.165) is 35.5 Å². The molecule has 0 radical (unpaired) electrons. The number of hydrogen-bond donors (Lipinski definition) is 1. The molecule has 2 aliphatic rings. The average molecular weight is 388 g/mol. The van der Waals surface area contributed by atoms with Gasteiger partial charge in [-0.1, -0.05) is 62.4 Å². The Hall–Kier alpha value is -2.88. The predicted molar refractivity (Wildman–Crippen MR) is 119 cm³/mol. The van der Waals surface area contributed by atoms with Crippen LogP contribution in [0.15, 0.2) is 76.9 Å². The molecule has 2 aromatic carbocycles. The van der Waals surface area contributed by atoms with Crippen LogP contribution in [0.1, 0.15) is 45.7 Å². The van der Waals surface area contributed by atoms with Crippen LogP contribution in [0.2, 0.25) is 0 Å². The first-order valence-electron chi connectivity index (χ1n) is 10.4. The van der Waals surface area contributed by atoms with Crippen LogP contribution in [0.25, 0.3) is 0 Å². The normalized spacial score (nSPS) is 21.0. The van der Waals surface area contributed by atoms with Crippen LogP contribution in [0, 0.1) is 5.92 Å². The van der Waals surface area contributed by atoms with E-state index in [4.69, 9.17) is 4.99 Å². The van der Waals surface area contributed by atoms with E-state index in [1.165, 1.54) is 0 Å². The molecule has 4 heteroatoms. The van der Waals surface area contributed by atoms with E-state index in [1.54, 1.807) is 0 Å². The number of carbonyl (C=O) groups is 1. The Kier molecular flexibility index (Phi) is 5.03. The molecule has 2 aromatic rings. The highest BCUT2D eigenvalue weighted by atomic mass is 16.2. The van der Waals surface area contributed by atoms with Crippen molar-refractivity contribution in [3.8, 4) is 0 Å². The fourth-order valence-electron chi connectivity index (χ4n) is 4.18. The van der Waals surface area contributed by atoms with Crippen molar-refractivity contribution in [3.63, 3.8) is 0 Å². The number of anilines is 1. The Labute approximate surface area is 173 Å². The standard InChI is InChI=1S/C25H29N3O/c1-17(2)15-20-21-22(27-25(3,4)16-26-20)24(29)28(19-13-9-6-10-14-19)23(21)18-11-7-5-8-12-18/h5-14,17,23,26H,15-16H2,1-4H3. The molecule has 1 atom stereocenters. The number of para-hydroxylation sites is 1. The number of hydrogen-bond acceptors (Lipinski definition) is 3. The molecule has 1 amide bonds. The van der Waals surface area contributed by atoms with Gasteiger partial charge in [0.2, 0.25) is 0 Å². The summed E-state index contributed by atoms with van der Waals surface area (Å²) in [5, 5.41) is 3.65. The molecule has 1 N–H and O–H groups in total. The molecular formula is C25H29N3O. The van der Waals surface area contributed by atoms with Crippen LogP contribution in [-0.2, 0) is 4.79 Å². The summed E-state index contributed by atoms with van der Waals surface area (Å²) in [4.78, 5) is 20.6. The molecule has 1 saturated heterocycles. The van der Waals surface area contributed by atoms with Crippen molar-refractivity contribution in [1.82, 2.24) is 5.32 Å². The quantitative estimate of drug-likeness (QED) is 0.811. The summed E-state index contributed by atoms with van der Waals surface area (Å²) in [7, 11) is 0. The minimum Gasteiger partial charge on any atom is -0.386 e. The number of benzene rings is 2. The molecule has 1 unspecified atom stereocenters. The number of rotatable bonds is 4. The smallest absolute Gasteiger partial charge is 0.277 e. The van der Waals surface area contributed by atoms with Crippen molar-refractivity contribution >= 4 is 17.3 Å². The predicted octanol–water partition coefficient (Wildman–Crippen LogP) is 4.90. The molecule has 150 valence electrons. The monoisotopic (exact) mass is 387 g/mol. The summed E-state index contributed by atoms with van der Waals surface area (Å²) in [6, 6.07) is 20.1. The lowest BCUT2D eigenvalue weighted by molar-refractivity contribution is -0.112. The van der Waals surface area contributed by atoms with E-state index in [2.05, 4.69) is 45.1 Å². The van der Waals surface area contributed by atoms with Crippen LogP contribution in [0.5, 0.6) is 0 Å². The third-order valence-corrected chi connectivity index (χ3v) is 5.44. The summed E-state index contributed by atoms with van der Waals surface area (Å²) in [5.74, 6) is 0.461. The Balaban J connectivity index is 1.97. The van der Waals surface area contributed by atoms with E-state index >= 15 is 0 Å². The highest BCUT2D eigenvalue weighted by Crippen LogP contribution is 2.43. The molecule has 1 fully saturated rings. The molecule has 2 heterocycles. The van der Waals surface area contributed by atoms with E-state index in [-0.39, 0.29) is 17.5 Å². The van der Waals surface area contributed by atoms with Gasteiger partial charge in [-0.05, 0) is 43.9 Å². The fraction of sp³-hybridized carbons (Fsp3) is 0.360. The highest BCUT2D eigenvalue weighted by Gasteiger charge is 2.46. The number of nitrogens with zero attached hydrogens (tertiary/aromatic N) is 2. The van der Waals surface area contributed by atoms with Crippen LogP contribution in [0.4, 0.5) is 5.69 Å². The number of nitrogens with one attached hydrogen (secondary N) is 1. The largest absolute Gasteiger partial charge is 0.386 e. The molecule has 0 saturated carbocycles. The minimum atomic E-state index is -0.344. The van der Waals surface area contributed by atoms with Crippen LogP contribution in [-0.4, -0.2) is 23.7 Å². The Bertz CT molecular complexity index is 958. The second-order valence-corrected chi connectivity index (χ2v) is 8.94. The highest BCUT2D eigenvalue weighted by molar-refractivity contribution is 6.53. The molecule has 0 aromatic heterocycles. The van der Waals surface area contributed by atoms with Crippen molar-refractivity contribution in [2.75, 3.05) is 11.4 Å². The average Bonchev–Trinajstić information content (AvgIpc) is 2.90. The third kappa shape index (κ3) is 3.71. The van der Waals surface area contributed by atoms with Gasteiger partial charge < -0.3 is 5.32 Å². The van der Waals surface area contributed by atoms with E-state index in [1.807, 2.05) is 53.4 Å². The van der Waals surface area contributed by atoms with Crippen LogP contribution < -0.4 is 10.2 Å². The van der Waals surface area contributed by atoms with Gasteiger partial charge in [0.25, 0.3) is 5.91 Å². The van der Waals surface area contributed by atoms with Gasteiger partial charge in [0.1, 0.15) is 5.71 Å². The maximum Gasteiger partial charge on any atom is 0.277 e. The number of aliphatic imine (C=N–C) groups is 1. The zero-order chi connectivity index (χ0) is 20.6. The lowest BCUT2D eigenvalue weighted by Crippen LogP contribution is -2.35. The SMILES string of the molecule is CC(C)CC1=C2C(=NC(C)(C)CN1)C(=O)N(c1ccccc1)C2c1ccccc1. The lowest BCUT2D eigenvalue weighted by atomic mass is 9.93. The summed E-state index contributed by atoms with van der Waals surface area (Å²) in [6.45, 7) is 9.32. The third-order valence-electron chi connectivity index (χ3n) is 5.44. The Morgan fingerprint density at radius 1 is 1.07 bits per heavy atom. The molecule has 0 bridgehead atoms. The number of allylic oxidation sites excluding steroid dienone is 1. The maximum atomic E-state index is 13.7. The maximum absolute atomic E-state index is 13.7. The molecule has 29 heavy (non-hydrogen) atoms. The van der Waals surface area contributed by atoms with Gasteiger partial charge >= 0.3 is 0 Å². The summed E-state index contributed by atoms with van der Waals surface area (Å²) in [6.07, 6.45) is 0.893. The van der Waals surface area contributed by atoms with E-state index in [9.17, 15) is 4.79 Å². The molecule has 2 aliphatic heterocycles. The van der Waals surface area contributed by atoms with Gasteiger partial charge in [-0.2, -0.15) is 0 Å². The zero-order valence-corrected chi connectivity index (χ0v) is 17.6. The van der Waals surface area contributed by atoms with Gasteiger partial charge in [-0.25, -0.2) is 0 Å². The number of amides is 1. The number of fused-ring (bicyclic) bond motifs is 1. The molecular weight excluding hydrogens is 358 g/mol. The zero-order valence-electron chi connectivity index (χ0n) is 17.6. The first kappa shape index (κ1) is 19.4. The van der Waals surface area contributed by atoms with Gasteiger partial charge in [0.05, 0.1) is 11.6 Å². The molecule has 4 rings (SSSR count). The van der Waals surface area contributed by atoms with Gasteiger partial charge in [0.15, 0.2) is 0 Å². The van der Waals surface area contributed by atoms with Gasteiger partial charge in [0, 0.05) is 23.5 Å². The summed E-state index contributed by atoms with van der Waals surface area (Å²) < 4.78 is 0. The fourth-order valence-corrected chi connectivity index (χ4v) is 4.18. The van der Waals surface area contributed by atoms with Crippen molar-refractivity contribution in [3.05, 3.63) is 77.5 Å². The van der Waals surface area contributed by atoms with Gasteiger partial charge in [-0.15, -0.1) is 0 Å². The second-order valence-electron chi connectivity index (χ2n) is 8.94. The van der Waals surface area contributed by atoms with Crippen molar-refractivity contribution in [2.45, 2.75) is 45.7 Å². The molecule has 0 spiro atoms. The van der Waals surface area contributed by atoms with E-state index in [0.29, 0.717) is 11.6 Å². The molecule has 0 aliphatic carbocycles. The van der Waals surface area contributed by atoms with Crippen molar-refractivity contribution in [2.24, 2.45) is 10.9 Å². The topological polar surface area (TPSA) is 44.7 Å². The van der Waals surface area contributed by atoms with Crippen LogP contribution in [0.3, 0.4) is 0 Å². The van der Waals surface area contributed by atoms with E-state index < -0.39 is 0 Å². The minimum absolute atomic E-state index is 0.0157. The Morgan fingerprint density at radius 2 is 1.69 bits per heavy atom. The van der Waals surface area contributed by atoms with Crippen molar-refractivity contribution in [1.29, 1.82) is 0 Å². The van der Waals surface area contributed by atoms with Crippen LogP contribution >= 0.6 is 0 Å². The van der Waals surface area contributed by atoms with Crippen molar-refractivity contribution < 1.29 is 4.79 Å². The Morgan fingerprint density at radius 3 is 2.31 bits per heavy atom.